The summed E-state index contributed by atoms with van der Waals surface area (Å²) in [4.78, 5) is 12.0. The molecule has 0 radical (unpaired) electrons. The Labute approximate surface area is 158 Å². The normalized spacial score (nSPS) is 15.0. The van der Waals surface area contributed by atoms with E-state index in [-0.39, 0.29) is 5.04 Å². The predicted molar refractivity (Wildman–Crippen MR) is 111 cm³/mol. The lowest BCUT2D eigenvalue weighted by Gasteiger charge is -2.43. The van der Waals surface area contributed by atoms with Crippen molar-refractivity contribution >= 4 is 24.5 Å². The maximum absolute atomic E-state index is 12.0. The molecule has 0 heterocycles. The summed E-state index contributed by atoms with van der Waals surface area (Å²) in [6.07, 6.45) is 3.66. The van der Waals surface area contributed by atoms with Crippen LogP contribution in [0.4, 0.5) is 0 Å². The van der Waals surface area contributed by atoms with Crippen LogP contribution < -0.4 is 10.4 Å². The molecule has 0 unspecified atom stereocenters. The summed E-state index contributed by atoms with van der Waals surface area (Å²) in [7, 11) is -2.44. The van der Waals surface area contributed by atoms with Crippen molar-refractivity contribution < 1.29 is 9.22 Å². The summed E-state index contributed by atoms with van der Waals surface area (Å²) < 4.78 is 6.80. The molecule has 1 aliphatic rings. The number of rotatable bonds is 8. The van der Waals surface area contributed by atoms with E-state index in [0.717, 1.165) is 19.3 Å². The number of hydrogen-bond donors (Lipinski definition) is 0. The quantitative estimate of drug-likeness (QED) is 0.514. The molecule has 0 bridgehead atoms. The third-order valence-electron chi connectivity index (χ3n) is 5.34. The molecule has 0 atom stereocenters. The molecule has 0 aromatic heterocycles. The van der Waals surface area contributed by atoms with Crippen LogP contribution >= 0.6 is 0 Å². The smallest absolute Gasteiger partial charge is 0.261 e. The lowest BCUT2D eigenvalue weighted by Crippen LogP contribution is -2.66. The van der Waals surface area contributed by atoms with E-state index in [4.69, 9.17) is 4.43 Å². The summed E-state index contributed by atoms with van der Waals surface area (Å²) >= 11 is 0. The molecule has 0 amide bonds. The molecule has 26 heavy (non-hydrogen) atoms. The first-order chi connectivity index (χ1) is 12.4. The summed E-state index contributed by atoms with van der Waals surface area (Å²) in [5.41, 5.74) is 0. The number of carbonyl (C=O) groups excluding carboxylic acids is 1. The average Bonchev–Trinajstić information content (AvgIpc) is 3.47. The van der Waals surface area contributed by atoms with Crippen molar-refractivity contribution in [3.63, 3.8) is 0 Å². The average molecular weight is 367 g/mol. The first-order valence-corrected chi connectivity index (χ1v) is 11.6. The van der Waals surface area contributed by atoms with Gasteiger partial charge in [0.25, 0.3) is 8.32 Å². The molecule has 1 saturated carbocycles. The maximum atomic E-state index is 12.0. The highest BCUT2D eigenvalue weighted by Crippen LogP contribution is 2.37. The second-order valence-corrected chi connectivity index (χ2v) is 12.7. The lowest BCUT2D eigenvalue weighted by molar-refractivity contribution is -0.120. The van der Waals surface area contributed by atoms with Gasteiger partial charge in [-0.3, -0.25) is 4.79 Å². The summed E-state index contributed by atoms with van der Waals surface area (Å²) in [5.74, 6) is 0.777. The highest BCUT2D eigenvalue weighted by molar-refractivity contribution is 6.99. The van der Waals surface area contributed by atoms with Crippen molar-refractivity contribution in [3.8, 4) is 0 Å². The van der Waals surface area contributed by atoms with Gasteiger partial charge in [-0.15, -0.1) is 0 Å². The van der Waals surface area contributed by atoms with E-state index in [1.807, 2.05) is 0 Å². The second-order valence-electron chi connectivity index (χ2n) is 8.36. The standard InChI is InChI=1S/C23H30O2Si/c1-23(2,3)26(20-11-6-4-7-12-20,21-13-8-5-9-14-21)25-18-10-15-22(24)19-16-17-19/h4-9,11-14,19H,10,15-18H2,1-3H3. The third-order valence-corrected chi connectivity index (χ3v) is 10.4. The van der Waals surface area contributed by atoms with Gasteiger partial charge in [-0.2, -0.15) is 0 Å². The van der Waals surface area contributed by atoms with Crippen molar-refractivity contribution in [1.29, 1.82) is 0 Å². The SMILES string of the molecule is CC(C)(C)[Si](OCCCC(=O)C1CC1)(c1ccccc1)c1ccccc1. The van der Waals surface area contributed by atoms with Crippen LogP contribution in [-0.2, 0) is 9.22 Å². The van der Waals surface area contributed by atoms with Crippen molar-refractivity contribution in [2.75, 3.05) is 6.61 Å². The fourth-order valence-corrected chi connectivity index (χ4v) is 8.45. The molecule has 1 fully saturated rings. The van der Waals surface area contributed by atoms with E-state index in [2.05, 4.69) is 81.4 Å². The Balaban J connectivity index is 1.88. The first kappa shape index (κ1) is 19.1. The number of carbonyl (C=O) groups is 1. The Morgan fingerprint density at radius 2 is 1.46 bits per heavy atom. The van der Waals surface area contributed by atoms with E-state index in [0.29, 0.717) is 24.7 Å². The van der Waals surface area contributed by atoms with Gasteiger partial charge in [0, 0.05) is 18.9 Å². The summed E-state index contributed by atoms with van der Waals surface area (Å²) in [6.45, 7) is 7.50. The largest absolute Gasteiger partial charge is 0.407 e. The molecule has 138 valence electrons. The molecule has 2 aromatic carbocycles. The van der Waals surface area contributed by atoms with Crippen LogP contribution in [0.2, 0.25) is 5.04 Å². The van der Waals surface area contributed by atoms with Gasteiger partial charge in [0.1, 0.15) is 5.78 Å². The molecule has 0 spiro atoms. The van der Waals surface area contributed by atoms with Crippen LogP contribution in [0.25, 0.3) is 0 Å². The van der Waals surface area contributed by atoms with E-state index >= 15 is 0 Å². The topological polar surface area (TPSA) is 26.3 Å². The minimum absolute atomic E-state index is 0.00376. The predicted octanol–water partition coefficient (Wildman–Crippen LogP) is 4.32. The maximum Gasteiger partial charge on any atom is 0.261 e. The summed E-state index contributed by atoms with van der Waals surface area (Å²) in [5, 5.41) is 2.59. The Morgan fingerprint density at radius 3 is 1.88 bits per heavy atom. The van der Waals surface area contributed by atoms with Gasteiger partial charge in [0.2, 0.25) is 0 Å². The zero-order valence-electron chi connectivity index (χ0n) is 16.2. The van der Waals surface area contributed by atoms with Gasteiger partial charge in [-0.05, 0) is 34.7 Å². The molecule has 0 saturated heterocycles. The highest BCUT2D eigenvalue weighted by Gasteiger charge is 2.49. The lowest BCUT2D eigenvalue weighted by atomic mass is 10.1. The van der Waals surface area contributed by atoms with Crippen LogP contribution in [-0.4, -0.2) is 20.7 Å². The Morgan fingerprint density at radius 1 is 0.962 bits per heavy atom. The third kappa shape index (κ3) is 3.99. The van der Waals surface area contributed by atoms with E-state index in [1.165, 1.54) is 10.4 Å². The van der Waals surface area contributed by atoms with E-state index in [1.54, 1.807) is 0 Å². The molecule has 3 rings (SSSR count). The van der Waals surface area contributed by atoms with Crippen LogP contribution in [0.5, 0.6) is 0 Å². The fraction of sp³-hybridized carbons (Fsp3) is 0.435. The minimum Gasteiger partial charge on any atom is -0.407 e. The van der Waals surface area contributed by atoms with E-state index < -0.39 is 8.32 Å². The molecular formula is C23H30O2Si. The van der Waals surface area contributed by atoms with E-state index in [9.17, 15) is 4.79 Å². The van der Waals surface area contributed by atoms with Gasteiger partial charge in [-0.1, -0.05) is 81.4 Å². The molecule has 0 aliphatic heterocycles. The zero-order chi connectivity index (χ0) is 18.6. The van der Waals surface area contributed by atoms with Crippen molar-refractivity contribution in [1.82, 2.24) is 0 Å². The molecule has 2 nitrogen and oxygen atoms in total. The fourth-order valence-electron chi connectivity index (χ4n) is 3.84. The Kier molecular flexibility index (Phi) is 5.78. The van der Waals surface area contributed by atoms with Crippen molar-refractivity contribution in [2.45, 2.75) is 51.5 Å². The van der Waals surface area contributed by atoms with Crippen LogP contribution in [0.3, 0.4) is 0 Å². The monoisotopic (exact) mass is 366 g/mol. The molecule has 2 aromatic rings. The Bertz CT molecular complexity index is 675. The first-order valence-electron chi connectivity index (χ1n) is 9.73. The van der Waals surface area contributed by atoms with Crippen LogP contribution in [0.1, 0.15) is 46.5 Å². The van der Waals surface area contributed by atoms with Crippen molar-refractivity contribution in [3.05, 3.63) is 60.7 Å². The minimum atomic E-state index is -2.44. The molecule has 0 N–H and O–H groups in total. The zero-order valence-corrected chi connectivity index (χ0v) is 17.2. The second kappa shape index (κ2) is 7.89. The van der Waals surface area contributed by atoms with Crippen molar-refractivity contribution in [2.24, 2.45) is 5.92 Å². The number of benzene rings is 2. The number of hydrogen-bond acceptors (Lipinski definition) is 2. The van der Waals surface area contributed by atoms with Gasteiger partial charge in [0.15, 0.2) is 0 Å². The van der Waals surface area contributed by atoms with Gasteiger partial charge in [0.05, 0.1) is 0 Å². The molecule has 3 heteroatoms. The molecule has 1 aliphatic carbocycles. The highest BCUT2D eigenvalue weighted by atomic mass is 28.4. The Hall–Kier alpha value is -1.71. The van der Waals surface area contributed by atoms with Gasteiger partial charge >= 0.3 is 0 Å². The number of Topliss-reactive ketones (excluding diaryl/α,β-unsaturated/α-hetero) is 1. The summed E-state index contributed by atoms with van der Waals surface area (Å²) in [6, 6.07) is 21.4. The molecular weight excluding hydrogens is 336 g/mol. The van der Waals surface area contributed by atoms with Gasteiger partial charge < -0.3 is 4.43 Å². The number of ketones is 1. The van der Waals surface area contributed by atoms with Gasteiger partial charge in [-0.25, -0.2) is 0 Å². The van der Waals surface area contributed by atoms with Crippen LogP contribution in [0, 0.1) is 5.92 Å². The van der Waals surface area contributed by atoms with Crippen LogP contribution in [0.15, 0.2) is 60.7 Å².